The Hall–Kier alpha value is -2.25. The molecule has 0 radical (unpaired) electrons. The third kappa shape index (κ3) is 4.20. The Bertz CT molecular complexity index is 923. The molecule has 2 heterocycles. The molecule has 2 aliphatic rings. The van der Waals surface area contributed by atoms with E-state index in [1.165, 1.54) is 11.8 Å². The fraction of sp³-hybridized carbons (Fsp3) is 0.471. The molecule has 27 heavy (non-hydrogen) atoms. The maximum Gasteiger partial charge on any atom is 0.262 e. The minimum atomic E-state index is -3.12. The Morgan fingerprint density at radius 1 is 1.33 bits per heavy atom. The molecule has 2 saturated heterocycles. The topological polar surface area (TPSA) is 109 Å². The van der Waals surface area contributed by atoms with Crippen LogP contribution < -0.4 is 9.47 Å². The van der Waals surface area contributed by atoms with Gasteiger partial charge in [0, 0.05) is 11.8 Å². The van der Waals surface area contributed by atoms with E-state index in [0.29, 0.717) is 23.2 Å². The zero-order valence-electron chi connectivity index (χ0n) is 14.9. The molecule has 2 atom stereocenters. The fourth-order valence-corrected chi connectivity index (χ4v) is 7.18. The van der Waals surface area contributed by atoms with Crippen LogP contribution in [-0.4, -0.2) is 61.4 Å². The maximum absolute atomic E-state index is 12.0. The molecular weight excluding hydrogens is 390 g/mol. The highest BCUT2D eigenvalue weighted by atomic mass is 32.2. The van der Waals surface area contributed by atoms with Gasteiger partial charge in [-0.1, -0.05) is 17.8 Å². The first-order chi connectivity index (χ1) is 12.9. The number of methoxy groups -OCH3 is 2. The smallest absolute Gasteiger partial charge is 0.262 e. The molecule has 0 spiro atoms. The third-order valence-electron chi connectivity index (χ3n) is 4.43. The summed E-state index contributed by atoms with van der Waals surface area (Å²) in [5.74, 6) is 0.729. The summed E-state index contributed by atoms with van der Waals surface area (Å²) < 4.78 is 34.6. The first-order valence-corrected chi connectivity index (χ1v) is 10.9. The van der Waals surface area contributed by atoms with E-state index in [2.05, 4.69) is 4.99 Å². The van der Waals surface area contributed by atoms with Crippen molar-refractivity contribution in [2.45, 2.75) is 24.3 Å². The van der Waals surface area contributed by atoms with E-state index in [4.69, 9.17) is 14.7 Å². The van der Waals surface area contributed by atoms with Crippen LogP contribution in [0.25, 0.3) is 0 Å². The number of carbonyl (C=O) groups is 1. The van der Waals surface area contributed by atoms with Crippen molar-refractivity contribution in [3.8, 4) is 17.6 Å². The number of thioether (sulfide) groups is 1. The molecule has 1 aromatic rings. The van der Waals surface area contributed by atoms with E-state index in [1.807, 2.05) is 17.0 Å². The minimum Gasteiger partial charge on any atom is -0.493 e. The molecule has 8 nitrogen and oxygen atoms in total. The van der Waals surface area contributed by atoms with E-state index >= 15 is 0 Å². The number of nitrogens with zero attached hydrogens (tertiary/aromatic N) is 3. The van der Waals surface area contributed by atoms with Gasteiger partial charge < -0.3 is 14.4 Å². The van der Waals surface area contributed by atoms with Gasteiger partial charge in [0.15, 0.2) is 26.5 Å². The monoisotopic (exact) mass is 409 g/mol. The molecule has 0 N–H and O–H groups in total. The van der Waals surface area contributed by atoms with Crippen LogP contribution in [0.3, 0.4) is 0 Å². The van der Waals surface area contributed by atoms with E-state index < -0.39 is 15.7 Å². The minimum absolute atomic E-state index is 0.0312. The predicted octanol–water partition coefficient (Wildman–Crippen LogP) is 1.21. The van der Waals surface area contributed by atoms with Gasteiger partial charge in [0.2, 0.25) is 0 Å². The second-order valence-corrected chi connectivity index (χ2v) is 9.60. The summed E-state index contributed by atoms with van der Waals surface area (Å²) in [6.45, 7) is 0.378. The molecule has 0 bridgehead atoms. The lowest BCUT2D eigenvalue weighted by molar-refractivity contribution is -0.116. The van der Waals surface area contributed by atoms with Gasteiger partial charge in [-0.2, -0.15) is 10.3 Å². The number of hydrogen-bond acceptors (Lipinski definition) is 7. The van der Waals surface area contributed by atoms with Crippen LogP contribution in [0.4, 0.5) is 0 Å². The molecule has 2 fully saturated rings. The summed E-state index contributed by atoms with van der Waals surface area (Å²) >= 11 is 1.29. The van der Waals surface area contributed by atoms with Crippen LogP contribution in [-0.2, 0) is 21.2 Å². The molecule has 1 aromatic carbocycles. The summed E-state index contributed by atoms with van der Waals surface area (Å²) in [6.07, 6.45) is -0.304. The maximum atomic E-state index is 12.0. The molecule has 0 saturated carbocycles. The van der Waals surface area contributed by atoms with Gasteiger partial charge in [-0.05, 0) is 17.7 Å². The van der Waals surface area contributed by atoms with E-state index in [-0.39, 0.29) is 29.2 Å². The molecular formula is C17H19N3O5S2. The number of amides is 1. The van der Waals surface area contributed by atoms with Gasteiger partial charge in [-0.15, -0.1) is 0 Å². The third-order valence-corrected chi connectivity index (χ3v) is 7.67. The second kappa shape index (κ2) is 7.78. The van der Waals surface area contributed by atoms with Crippen LogP contribution >= 0.6 is 11.8 Å². The Labute approximate surface area is 162 Å². The average molecular weight is 409 g/mol. The fourth-order valence-electron chi connectivity index (χ4n) is 3.21. The van der Waals surface area contributed by atoms with Crippen molar-refractivity contribution in [1.82, 2.24) is 4.90 Å². The Morgan fingerprint density at radius 2 is 2.07 bits per heavy atom. The molecule has 0 aliphatic carbocycles. The number of nitriles is 1. The molecule has 0 unspecified atom stereocenters. The summed E-state index contributed by atoms with van der Waals surface area (Å²) in [4.78, 5) is 17.7. The van der Waals surface area contributed by atoms with Crippen molar-refractivity contribution in [3.63, 3.8) is 0 Å². The first-order valence-electron chi connectivity index (χ1n) is 8.20. The Kier molecular flexibility index (Phi) is 5.62. The predicted molar refractivity (Wildman–Crippen MR) is 102 cm³/mol. The van der Waals surface area contributed by atoms with Gasteiger partial charge in [-0.25, -0.2) is 8.42 Å². The van der Waals surface area contributed by atoms with E-state index in [9.17, 15) is 13.2 Å². The van der Waals surface area contributed by atoms with Gasteiger partial charge in [0.1, 0.15) is 6.42 Å². The number of aliphatic imine (C=N–C) groups is 1. The average Bonchev–Trinajstić information content (AvgIpc) is 3.07. The number of hydrogen-bond donors (Lipinski definition) is 0. The Balaban J connectivity index is 1.90. The largest absolute Gasteiger partial charge is 0.493 e. The molecule has 2 aliphatic heterocycles. The summed E-state index contributed by atoms with van der Waals surface area (Å²) in [6, 6.07) is 6.99. The van der Waals surface area contributed by atoms with Crippen LogP contribution in [0.5, 0.6) is 11.5 Å². The van der Waals surface area contributed by atoms with Crippen molar-refractivity contribution in [3.05, 3.63) is 23.8 Å². The van der Waals surface area contributed by atoms with Crippen LogP contribution in [0.1, 0.15) is 12.0 Å². The number of amidine groups is 1. The van der Waals surface area contributed by atoms with Gasteiger partial charge in [-0.3, -0.25) is 4.79 Å². The highest BCUT2D eigenvalue weighted by Crippen LogP contribution is 2.39. The number of ether oxygens (including phenoxy) is 2. The van der Waals surface area contributed by atoms with Crippen LogP contribution in [0, 0.1) is 11.3 Å². The summed E-state index contributed by atoms with van der Waals surface area (Å²) in [5.41, 5.74) is 0.874. The van der Waals surface area contributed by atoms with Gasteiger partial charge in [0.05, 0.1) is 37.8 Å². The Morgan fingerprint density at radius 3 is 2.74 bits per heavy atom. The van der Waals surface area contributed by atoms with Gasteiger partial charge >= 0.3 is 0 Å². The molecule has 10 heteroatoms. The van der Waals surface area contributed by atoms with Crippen molar-refractivity contribution in [2.75, 3.05) is 25.7 Å². The molecule has 144 valence electrons. The standard InChI is InChI=1S/C17H19N3O5S2/c1-24-13-4-3-11(7-14(13)25-2)8-20-12-9-27(22,23)10-15(12)26-17(20)19-16(21)5-6-18/h3-4,7,12,15H,5,8-10H2,1-2H3/t12-,15-/m0/s1. The van der Waals surface area contributed by atoms with Crippen LogP contribution in [0.2, 0.25) is 0 Å². The quantitative estimate of drug-likeness (QED) is 0.714. The van der Waals surface area contributed by atoms with Crippen LogP contribution in [0.15, 0.2) is 23.2 Å². The van der Waals surface area contributed by atoms with E-state index in [1.54, 1.807) is 26.4 Å². The van der Waals surface area contributed by atoms with Crippen molar-refractivity contribution in [1.29, 1.82) is 5.26 Å². The number of fused-ring (bicyclic) bond motifs is 1. The SMILES string of the molecule is COc1ccc(CN2C(=NC(=O)CC#N)S[C@H]3CS(=O)(=O)C[C@@H]32)cc1OC. The molecule has 3 rings (SSSR count). The van der Waals surface area contributed by atoms with Crippen molar-refractivity contribution >= 4 is 32.7 Å². The zero-order chi connectivity index (χ0) is 19.6. The normalized spacial score (nSPS) is 24.5. The lowest BCUT2D eigenvalue weighted by Gasteiger charge is -2.24. The highest BCUT2D eigenvalue weighted by Gasteiger charge is 2.48. The zero-order valence-corrected chi connectivity index (χ0v) is 16.5. The molecule has 1 amide bonds. The number of carbonyl (C=O) groups excluding carboxylic acids is 1. The lowest BCUT2D eigenvalue weighted by atomic mass is 10.1. The number of benzene rings is 1. The first kappa shape index (κ1) is 19.5. The number of rotatable bonds is 5. The summed E-state index contributed by atoms with van der Waals surface area (Å²) in [5, 5.41) is 8.99. The van der Waals surface area contributed by atoms with Crippen molar-refractivity contribution < 1.29 is 22.7 Å². The van der Waals surface area contributed by atoms with E-state index in [0.717, 1.165) is 5.56 Å². The lowest BCUT2D eigenvalue weighted by Crippen LogP contribution is -2.37. The van der Waals surface area contributed by atoms with Crippen molar-refractivity contribution in [2.24, 2.45) is 4.99 Å². The highest BCUT2D eigenvalue weighted by molar-refractivity contribution is 8.15. The summed E-state index contributed by atoms with van der Waals surface area (Å²) in [7, 11) is -0.0240. The molecule has 0 aromatic heterocycles. The second-order valence-electron chi connectivity index (χ2n) is 6.24. The van der Waals surface area contributed by atoms with Gasteiger partial charge in [0.25, 0.3) is 5.91 Å². The number of sulfone groups is 1.